The van der Waals surface area contributed by atoms with Gasteiger partial charge in [0.2, 0.25) is 0 Å². The number of nitrogens with one attached hydrogen (secondary N) is 1. The zero-order valence-corrected chi connectivity index (χ0v) is 13.9. The number of aromatic nitrogens is 2. The van der Waals surface area contributed by atoms with E-state index in [-0.39, 0.29) is 0 Å². The molecule has 1 saturated heterocycles. The number of nitrogens with zero attached hydrogens (tertiary/aromatic N) is 3. The molecule has 1 N–H and O–H groups in total. The quantitative estimate of drug-likeness (QED) is 0.782. The first-order valence-corrected chi connectivity index (χ1v) is 8.51. The Kier molecular flexibility index (Phi) is 5.97. The van der Waals surface area contributed by atoms with Crippen LogP contribution in [0.15, 0.2) is 12.1 Å². The molecule has 0 aliphatic carbocycles. The fraction of sp³-hybridized carbons (Fsp3) is 0.765. The Hall–Kier alpha value is -1.16. The van der Waals surface area contributed by atoms with Gasteiger partial charge in [0.05, 0.1) is 5.69 Å². The summed E-state index contributed by atoms with van der Waals surface area (Å²) in [4.78, 5) is 2.39. The normalized spacial score (nSPS) is 18.0. The van der Waals surface area contributed by atoms with Crippen molar-refractivity contribution in [3.8, 4) is 0 Å². The maximum atomic E-state index is 4.42. The molecule has 0 saturated carbocycles. The third kappa shape index (κ3) is 4.16. The molecule has 0 aromatic carbocycles. The Labute approximate surface area is 129 Å². The summed E-state index contributed by atoms with van der Waals surface area (Å²) in [6, 6.07) is 4.23. The van der Waals surface area contributed by atoms with Crippen LogP contribution in [0.5, 0.6) is 0 Å². The van der Waals surface area contributed by atoms with Crippen molar-refractivity contribution in [2.75, 3.05) is 24.5 Å². The minimum absolute atomic E-state index is 0.563. The maximum absolute atomic E-state index is 4.42. The van der Waals surface area contributed by atoms with E-state index in [0.29, 0.717) is 5.41 Å². The molecule has 2 heterocycles. The van der Waals surface area contributed by atoms with E-state index in [1.165, 1.54) is 25.7 Å². The molecular weight excluding hydrogens is 260 g/mol. The van der Waals surface area contributed by atoms with Gasteiger partial charge in [0.1, 0.15) is 0 Å². The first kappa shape index (κ1) is 16.2. The molecule has 0 spiro atoms. The van der Waals surface area contributed by atoms with Crippen molar-refractivity contribution in [2.24, 2.45) is 5.41 Å². The van der Waals surface area contributed by atoms with Gasteiger partial charge < -0.3 is 10.2 Å². The largest absolute Gasteiger partial charge is 0.355 e. The third-order valence-electron chi connectivity index (χ3n) is 5.09. The van der Waals surface area contributed by atoms with Crippen LogP contribution in [-0.4, -0.2) is 29.8 Å². The number of anilines is 1. The van der Waals surface area contributed by atoms with Crippen molar-refractivity contribution in [3.05, 3.63) is 17.8 Å². The summed E-state index contributed by atoms with van der Waals surface area (Å²) in [5.41, 5.74) is 1.59. The first-order chi connectivity index (χ1) is 10.2. The second-order valence-electron chi connectivity index (χ2n) is 6.25. The zero-order chi connectivity index (χ0) is 15.1. The zero-order valence-electron chi connectivity index (χ0n) is 13.9. The molecule has 1 aromatic rings. The number of hydrogen-bond acceptors (Lipinski definition) is 4. The summed E-state index contributed by atoms with van der Waals surface area (Å²) in [6.07, 6.45) is 6.30. The lowest BCUT2D eigenvalue weighted by Crippen LogP contribution is -2.40. The summed E-state index contributed by atoms with van der Waals surface area (Å²) >= 11 is 0. The molecule has 1 fully saturated rings. The van der Waals surface area contributed by atoms with Gasteiger partial charge in [0.25, 0.3) is 0 Å². The second kappa shape index (κ2) is 7.74. The lowest BCUT2D eigenvalue weighted by Gasteiger charge is -2.41. The Bertz CT molecular complexity index is 401. The van der Waals surface area contributed by atoms with Crippen molar-refractivity contribution in [1.29, 1.82) is 0 Å². The van der Waals surface area contributed by atoms with E-state index in [4.69, 9.17) is 0 Å². The molecule has 1 aliphatic heterocycles. The van der Waals surface area contributed by atoms with Gasteiger partial charge in [-0.3, -0.25) is 0 Å². The van der Waals surface area contributed by atoms with Gasteiger partial charge in [0, 0.05) is 19.6 Å². The summed E-state index contributed by atoms with van der Waals surface area (Å²) in [7, 11) is 0. The highest BCUT2D eigenvalue weighted by molar-refractivity contribution is 5.38. The fourth-order valence-corrected chi connectivity index (χ4v) is 3.18. The van der Waals surface area contributed by atoms with Crippen LogP contribution in [0.4, 0.5) is 5.82 Å². The van der Waals surface area contributed by atoms with Gasteiger partial charge in [-0.15, -0.1) is 5.10 Å². The lowest BCUT2D eigenvalue weighted by atomic mass is 9.74. The maximum Gasteiger partial charge on any atom is 0.151 e. The topological polar surface area (TPSA) is 41.0 Å². The highest BCUT2D eigenvalue weighted by Crippen LogP contribution is 2.38. The van der Waals surface area contributed by atoms with Crippen LogP contribution >= 0.6 is 0 Å². The van der Waals surface area contributed by atoms with E-state index < -0.39 is 0 Å². The molecule has 0 radical (unpaired) electrons. The highest BCUT2D eigenvalue weighted by Gasteiger charge is 2.31. The van der Waals surface area contributed by atoms with Gasteiger partial charge in [0.15, 0.2) is 5.82 Å². The van der Waals surface area contributed by atoms with Crippen LogP contribution < -0.4 is 10.2 Å². The summed E-state index contributed by atoms with van der Waals surface area (Å²) < 4.78 is 0. The van der Waals surface area contributed by atoms with E-state index in [2.05, 4.69) is 53.3 Å². The van der Waals surface area contributed by atoms with Crippen LogP contribution in [0.3, 0.4) is 0 Å². The molecule has 1 aliphatic rings. The van der Waals surface area contributed by atoms with Crippen molar-refractivity contribution >= 4 is 5.82 Å². The van der Waals surface area contributed by atoms with Crippen molar-refractivity contribution < 1.29 is 0 Å². The van der Waals surface area contributed by atoms with Gasteiger partial charge in [-0.05, 0) is 43.4 Å². The molecule has 0 unspecified atom stereocenters. The summed E-state index contributed by atoms with van der Waals surface area (Å²) in [5.74, 6) is 1.04. The van der Waals surface area contributed by atoms with Crippen molar-refractivity contribution in [2.45, 2.75) is 59.4 Å². The molecule has 0 amide bonds. The van der Waals surface area contributed by atoms with Gasteiger partial charge >= 0.3 is 0 Å². The summed E-state index contributed by atoms with van der Waals surface area (Å²) in [5, 5.41) is 12.1. The smallest absolute Gasteiger partial charge is 0.151 e. The van der Waals surface area contributed by atoms with Crippen LogP contribution in [0.1, 0.15) is 58.6 Å². The fourth-order valence-electron chi connectivity index (χ4n) is 3.18. The highest BCUT2D eigenvalue weighted by atomic mass is 15.3. The predicted octanol–water partition coefficient (Wildman–Crippen LogP) is 3.38. The van der Waals surface area contributed by atoms with Gasteiger partial charge in [-0.25, -0.2) is 0 Å². The number of hydrogen-bond donors (Lipinski definition) is 1. The molecule has 0 bridgehead atoms. The Balaban J connectivity index is 1.89. The SMILES string of the molecule is CCCNCc1ccc(N2CCC(CC)(CC)CC2)nn1. The van der Waals surface area contributed by atoms with E-state index in [9.17, 15) is 0 Å². The van der Waals surface area contributed by atoms with E-state index in [0.717, 1.165) is 44.1 Å². The minimum atomic E-state index is 0.563. The molecular formula is C17H30N4. The standard InChI is InChI=1S/C17H30N4/c1-4-11-18-14-15-7-8-16(20-19-15)21-12-9-17(5-2,6-3)10-13-21/h7-8,18H,4-6,9-14H2,1-3H3. The van der Waals surface area contributed by atoms with Gasteiger partial charge in [-0.1, -0.05) is 33.6 Å². The molecule has 21 heavy (non-hydrogen) atoms. The van der Waals surface area contributed by atoms with Crippen molar-refractivity contribution in [1.82, 2.24) is 15.5 Å². The molecule has 0 atom stereocenters. The molecule has 2 rings (SSSR count). The molecule has 4 nitrogen and oxygen atoms in total. The van der Waals surface area contributed by atoms with E-state index >= 15 is 0 Å². The average molecular weight is 290 g/mol. The van der Waals surface area contributed by atoms with Crippen molar-refractivity contribution in [3.63, 3.8) is 0 Å². The predicted molar refractivity (Wildman–Crippen MR) is 88.5 cm³/mol. The molecule has 118 valence electrons. The lowest BCUT2D eigenvalue weighted by molar-refractivity contribution is 0.199. The first-order valence-electron chi connectivity index (χ1n) is 8.51. The Morgan fingerprint density at radius 1 is 1.10 bits per heavy atom. The Morgan fingerprint density at radius 2 is 1.81 bits per heavy atom. The second-order valence-corrected chi connectivity index (χ2v) is 6.25. The minimum Gasteiger partial charge on any atom is -0.355 e. The van der Waals surface area contributed by atoms with Crippen LogP contribution in [-0.2, 0) is 6.54 Å². The third-order valence-corrected chi connectivity index (χ3v) is 5.09. The van der Waals surface area contributed by atoms with E-state index in [1.807, 2.05) is 0 Å². The van der Waals surface area contributed by atoms with Crippen LogP contribution in [0.2, 0.25) is 0 Å². The van der Waals surface area contributed by atoms with Crippen LogP contribution in [0, 0.1) is 5.41 Å². The Morgan fingerprint density at radius 3 is 2.33 bits per heavy atom. The summed E-state index contributed by atoms with van der Waals surface area (Å²) in [6.45, 7) is 10.9. The van der Waals surface area contributed by atoms with E-state index in [1.54, 1.807) is 0 Å². The average Bonchev–Trinajstić information content (AvgIpc) is 2.56. The number of rotatable bonds is 7. The molecule has 1 aromatic heterocycles. The monoisotopic (exact) mass is 290 g/mol. The molecule has 4 heteroatoms. The van der Waals surface area contributed by atoms with Gasteiger partial charge in [-0.2, -0.15) is 5.10 Å². The van der Waals surface area contributed by atoms with Crippen LogP contribution in [0.25, 0.3) is 0 Å². The number of piperidine rings is 1.